The summed E-state index contributed by atoms with van der Waals surface area (Å²) in [4.78, 5) is 0. The van der Waals surface area contributed by atoms with Crippen LogP contribution in [0.4, 0.5) is 0 Å². The lowest BCUT2D eigenvalue weighted by atomic mass is 9.85. The molecule has 3 nitrogen and oxygen atoms in total. The van der Waals surface area contributed by atoms with Crippen LogP contribution >= 0.6 is 0 Å². The van der Waals surface area contributed by atoms with Crippen LogP contribution in [0.15, 0.2) is 200 Å². The van der Waals surface area contributed by atoms with Crippen molar-refractivity contribution in [2.45, 2.75) is 118 Å². The highest BCUT2D eigenvalue weighted by Crippen LogP contribution is 2.42. The first-order valence-corrected chi connectivity index (χ1v) is 28.6. The second-order valence-electron chi connectivity index (χ2n) is 26.8. The van der Waals surface area contributed by atoms with E-state index in [0.717, 1.165) is 12.8 Å². The Labute approximate surface area is 466 Å². The van der Waals surface area contributed by atoms with Crippen molar-refractivity contribution in [1.29, 1.82) is 0 Å². The molecule has 0 radical (unpaired) electrons. The van der Waals surface area contributed by atoms with E-state index in [1.165, 1.54) is 138 Å². The standard InChI is InChI=1S/C76H73N3/c1-73(2,3)52-28-34-66-62(44-52)63-45-53(74(4,5)6)29-35-67(63)78(66)57-24-16-19-48(41-57)39-50-27-32-61-71(43-50)77(56-22-14-13-15-23-56)70-38-33-59-51(21-18-26-60(59)72(61)70)40-49-20-17-25-58(42-49)79-68-36-30-54(75(7,8)9)46-64(68)65-47-55(76(10,11)12)31-37-69(65)79/h13-38,41-47H,39-40H2,1-12H3. The molecule has 0 unspecified atom stereocenters. The monoisotopic (exact) mass is 1030 g/mol. The Bertz CT molecular complexity index is 4420. The number of hydrogen-bond acceptors (Lipinski definition) is 0. The summed E-state index contributed by atoms with van der Waals surface area (Å²) in [7, 11) is 0. The zero-order chi connectivity index (χ0) is 54.9. The maximum absolute atomic E-state index is 2.49. The van der Waals surface area contributed by atoms with Crippen LogP contribution in [0.5, 0.6) is 0 Å². The Morgan fingerprint density at radius 1 is 0.253 bits per heavy atom. The van der Waals surface area contributed by atoms with E-state index in [4.69, 9.17) is 0 Å². The van der Waals surface area contributed by atoms with Crippen LogP contribution in [0.2, 0.25) is 0 Å². The van der Waals surface area contributed by atoms with Crippen molar-refractivity contribution < 1.29 is 0 Å². The number of hydrogen-bond donors (Lipinski definition) is 0. The van der Waals surface area contributed by atoms with Gasteiger partial charge in [-0.2, -0.15) is 0 Å². The van der Waals surface area contributed by atoms with Crippen LogP contribution in [-0.2, 0) is 34.5 Å². The number of fused-ring (bicyclic) bond motifs is 11. The summed E-state index contributed by atoms with van der Waals surface area (Å²) in [6.45, 7) is 27.7. The molecule has 13 aromatic rings. The van der Waals surface area contributed by atoms with Crippen LogP contribution in [-0.4, -0.2) is 13.7 Å². The topological polar surface area (TPSA) is 14.8 Å². The van der Waals surface area contributed by atoms with Gasteiger partial charge in [-0.1, -0.05) is 186 Å². The second-order valence-corrected chi connectivity index (χ2v) is 26.8. The SMILES string of the molecule is CC(C)(C)c1ccc2c(c1)c1cc(C(C)(C)C)ccc1n2-c1cccc(Cc2ccc3c4c5cccc(Cc6cccc(-n7c8ccc(C(C)(C)C)cc8c8cc(C(C)(C)C)ccc87)c6)c5ccc4n(-c4ccccc4)c3c2)c1. The normalized spacial score (nSPS) is 12.9. The van der Waals surface area contributed by atoms with E-state index in [1.807, 2.05) is 0 Å². The molecule has 0 saturated carbocycles. The molecule has 79 heavy (non-hydrogen) atoms. The van der Waals surface area contributed by atoms with Gasteiger partial charge >= 0.3 is 0 Å². The Morgan fingerprint density at radius 2 is 0.646 bits per heavy atom. The average molecular weight is 1030 g/mol. The average Bonchev–Trinajstić information content (AvgIpc) is 3.89. The lowest BCUT2D eigenvalue weighted by Gasteiger charge is -2.19. The second kappa shape index (κ2) is 18.2. The number of aromatic nitrogens is 3. The van der Waals surface area contributed by atoms with Crippen molar-refractivity contribution in [1.82, 2.24) is 13.7 Å². The van der Waals surface area contributed by atoms with Crippen molar-refractivity contribution in [3.63, 3.8) is 0 Å². The third kappa shape index (κ3) is 8.74. The van der Waals surface area contributed by atoms with Crippen LogP contribution in [0.3, 0.4) is 0 Å². The fourth-order valence-electron chi connectivity index (χ4n) is 12.6. The summed E-state index contributed by atoms with van der Waals surface area (Å²) in [5.74, 6) is 0. The smallest absolute Gasteiger partial charge is 0.0547 e. The quantitative estimate of drug-likeness (QED) is 0.151. The molecule has 0 bridgehead atoms. The van der Waals surface area contributed by atoms with Crippen LogP contribution in [0, 0.1) is 0 Å². The van der Waals surface area contributed by atoms with E-state index in [1.54, 1.807) is 0 Å². The van der Waals surface area contributed by atoms with Crippen LogP contribution in [0.1, 0.15) is 128 Å². The first-order chi connectivity index (χ1) is 37.7. The number of nitrogens with zero attached hydrogens (tertiary/aromatic N) is 3. The molecular formula is C76H73N3. The van der Waals surface area contributed by atoms with Gasteiger partial charge < -0.3 is 13.7 Å². The molecule has 0 fully saturated rings. The minimum atomic E-state index is 0.0485. The van der Waals surface area contributed by atoms with Gasteiger partial charge in [-0.15, -0.1) is 0 Å². The molecule has 0 aliphatic heterocycles. The van der Waals surface area contributed by atoms with E-state index in [0.29, 0.717) is 0 Å². The zero-order valence-corrected chi connectivity index (χ0v) is 48.3. The highest BCUT2D eigenvalue weighted by molar-refractivity contribution is 6.22. The van der Waals surface area contributed by atoms with Crippen molar-refractivity contribution in [2.24, 2.45) is 0 Å². The largest absolute Gasteiger partial charge is 0.309 e. The summed E-state index contributed by atoms with van der Waals surface area (Å²) >= 11 is 0. The van der Waals surface area contributed by atoms with Gasteiger partial charge in [0.15, 0.2) is 0 Å². The van der Waals surface area contributed by atoms with Crippen molar-refractivity contribution in [2.75, 3.05) is 0 Å². The van der Waals surface area contributed by atoms with Gasteiger partial charge in [-0.3, -0.25) is 0 Å². The molecular weight excluding hydrogens is 955 g/mol. The maximum Gasteiger partial charge on any atom is 0.0547 e. The first-order valence-electron chi connectivity index (χ1n) is 28.6. The molecule has 0 saturated heterocycles. The Hall–Kier alpha value is -8.14. The summed E-state index contributed by atoms with van der Waals surface area (Å²) in [5.41, 5.74) is 21.8. The van der Waals surface area contributed by atoms with Gasteiger partial charge in [-0.25, -0.2) is 0 Å². The number of rotatable bonds is 7. The molecule has 0 N–H and O–H groups in total. The van der Waals surface area contributed by atoms with E-state index in [2.05, 4.69) is 297 Å². The number of benzene rings is 10. The summed E-state index contributed by atoms with van der Waals surface area (Å²) in [6, 6.07) is 76.7. The van der Waals surface area contributed by atoms with Gasteiger partial charge in [0.2, 0.25) is 0 Å². The Balaban J connectivity index is 0.888. The summed E-state index contributed by atoms with van der Waals surface area (Å²) in [6.07, 6.45) is 1.63. The Morgan fingerprint density at radius 3 is 1.11 bits per heavy atom. The van der Waals surface area contributed by atoms with Crippen molar-refractivity contribution in [3.8, 4) is 17.1 Å². The molecule has 3 heterocycles. The predicted octanol–water partition coefficient (Wildman–Crippen LogP) is 20.5. The number of para-hydroxylation sites is 1. The van der Waals surface area contributed by atoms with E-state index in [-0.39, 0.29) is 21.7 Å². The van der Waals surface area contributed by atoms with Gasteiger partial charge in [0.1, 0.15) is 0 Å². The predicted molar refractivity (Wildman–Crippen MR) is 340 cm³/mol. The van der Waals surface area contributed by atoms with Crippen molar-refractivity contribution in [3.05, 3.63) is 245 Å². The van der Waals surface area contributed by atoms with Crippen LogP contribution < -0.4 is 0 Å². The fourth-order valence-corrected chi connectivity index (χ4v) is 12.6. The molecule has 3 aromatic heterocycles. The molecule has 0 spiro atoms. The van der Waals surface area contributed by atoms with Crippen molar-refractivity contribution >= 4 is 76.2 Å². The van der Waals surface area contributed by atoms with Gasteiger partial charge in [-0.05, 0) is 187 Å². The van der Waals surface area contributed by atoms with E-state index >= 15 is 0 Å². The third-order valence-electron chi connectivity index (χ3n) is 17.1. The fraction of sp³-hybridized carbons (Fsp3) is 0.237. The molecule has 3 heteroatoms. The lowest BCUT2D eigenvalue weighted by molar-refractivity contribution is 0.590. The first kappa shape index (κ1) is 50.4. The summed E-state index contributed by atoms with van der Waals surface area (Å²) in [5, 5.41) is 10.4. The minimum Gasteiger partial charge on any atom is -0.309 e. The van der Waals surface area contributed by atoms with Gasteiger partial charge in [0.25, 0.3) is 0 Å². The van der Waals surface area contributed by atoms with E-state index in [9.17, 15) is 0 Å². The van der Waals surface area contributed by atoms with E-state index < -0.39 is 0 Å². The molecule has 0 aliphatic rings. The molecule has 13 rings (SSSR count). The highest BCUT2D eigenvalue weighted by Gasteiger charge is 2.24. The molecule has 392 valence electrons. The minimum absolute atomic E-state index is 0.0485. The maximum atomic E-state index is 2.49. The molecule has 0 amide bonds. The van der Waals surface area contributed by atoms with Crippen LogP contribution in [0.25, 0.3) is 93.3 Å². The molecule has 10 aromatic carbocycles. The molecule has 0 atom stereocenters. The zero-order valence-electron chi connectivity index (χ0n) is 48.3. The lowest BCUT2D eigenvalue weighted by Crippen LogP contribution is -2.10. The highest BCUT2D eigenvalue weighted by atomic mass is 15.0. The Kier molecular flexibility index (Phi) is 11.6. The summed E-state index contributed by atoms with van der Waals surface area (Å²) < 4.78 is 7.45. The van der Waals surface area contributed by atoms with Gasteiger partial charge in [0.05, 0.1) is 33.1 Å². The van der Waals surface area contributed by atoms with Gasteiger partial charge in [0, 0.05) is 49.4 Å². The third-order valence-corrected chi connectivity index (χ3v) is 17.1. The molecule has 0 aliphatic carbocycles.